The van der Waals surface area contributed by atoms with Gasteiger partial charge in [0.15, 0.2) is 0 Å². The number of nitrogens with zero attached hydrogens (tertiary/aromatic N) is 3. The van der Waals surface area contributed by atoms with Crippen LogP contribution in [0.3, 0.4) is 0 Å². The molecule has 5 nitrogen and oxygen atoms in total. The molecule has 0 fully saturated rings. The molecular formula is C11H13N3O2S. The van der Waals surface area contributed by atoms with Crippen molar-refractivity contribution in [3.8, 4) is 0 Å². The smallest absolute Gasteiger partial charge is 0.435 e. The maximum absolute atomic E-state index is 11.9. The van der Waals surface area contributed by atoms with Crippen LogP contribution < -0.4 is 0 Å². The van der Waals surface area contributed by atoms with Gasteiger partial charge in [-0.2, -0.15) is 9.78 Å². The number of fused-ring (bicyclic) bond motifs is 1. The van der Waals surface area contributed by atoms with E-state index in [1.165, 1.54) is 10.9 Å². The predicted molar refractivity (Wildman–Crippen MR) is 66.4 cm³/mol. The third-order valence-corrected chi connectivity index (χ3v) is 2.37. The Kier molecular flexibility index (Phi) is 2.82. The molecule has 0 bridgehead atoms. The van der Waals surface area contributed by atoms with Gasteiger partial charge in [-0.25, -0.2) is 4.79 Å². The fourth-order valence-corrected chi connectivity index (χ4v) is 1.66. The molecule has 0 amide bonds. The number of aromatic nitrogens is 3. The van der Waals surface area contributed by atoms with Crippen molar-refractivity contribution in [2.24, 2.45) is 0 Å². The molecule has 0 aromatic carbocycles. The van der Waals surface area contributed by atoms with Crippen molar-refractivity contribution >= 4 is 29.8 Å². The zero-order chi connectivity index (χ0) is 12.6. The molecule has 2 aromatic rings. The van der Waals surface area contributed by atoms with Crippen LogP contribution >= 0.6 is 12.6 Å². The summed E-state index contributed by atoms with van der Waals surface area (Å²) in [5, 5.41) is 3.97. The average Bonchev–Trinajstić information content (AvgIpc) is 2.60. The maximum Gasteiger partial charge on any atom is 0.435 e. The highest BCUT2D eigenvalue weighted by molar-refractivity contribution is 7.80. The van der Waals surface area contributed by atoms with Crippen LogP contribution in [0.1, 0.15) is 20.8 Å². The number of hydrogen-bond acceptors (Lipinski definition) is 5. The lowest BCUT2D eigenvalue weighted by Gasteiger charge is -2.19. The van der Waals surface area contributed by atoms with Gasteiger partial charge in [-0.1, -0.05) is 0 Å². The van der Waals surface area contributed by atoms with Crippen molar-refractivity contribution in [3.05, 3.63) is 18.5 Å². The quantitative estimate of drug-likeness (QED) is 0.731. The van der Waals surface area contributed by atoms with E-state index in [1.54, 1.807) is 33.0 Å². The Balaban J connectivity index is 2.46. The van der Waals surface area contributed by atoms with Crippen molar-refractivity contribution in [2.75, 3.05) is 0 Å². The summed E-state index contributed by atoms with van der Waals surface area (Å²) < 4.78 is 6.42. The van der Waals surface area contributed by atoms with Gasteiger partial charge >= 0.3 is 6.09 Å². The van der Waals surface area contributed by atoms with Gasteiger partial charge in [-0.05, 0) is 26.8 Å². The SMILES string of the molecule is CC(C)(C)OC(=O)n1ncc2nccc(S)c21. The van der Waals surface area contributed by atoms with E-state index in [2.05, 4.69) is 22.7 Å². The lowest BCUT2D eigenvalue weighted by molar-refractivity contribution is 0.0522. The van der Waals surface area contributed by atoms with Gasteiger partial charge in [0.05, 0.1) is 6.20 Å². The molecule has 2 aromatic heterocycles. The summed E-state index contributed by atoms with van der Waals surface area (Å²) in [7, 11) is 0. The number of hydrogen-bond donors (Lipinski definition) is 1. The van der Waals surface area contributed by atoms with E-state index >= 15 is 0 Å². The minimum Gasteiger partial charge on any atom is -0.442 e. The first-order valence-corrected chi connectivity index (χ1v) is 5.58. The Hall–Kier alpha value is -1.56. The number of rotatable bonds is 0. The summed E-state index contributed by atoms with van der Waals surface area (Å²) in [5.41, 5.74) is 0.613. The van der Waals surface area contributed by atoms with Crippen LogP contribution in [0, 0.1) is 0 Å². The third-order valence-electron chi connectivity index (χ3n) is 2.00. The third kappa shape index (κ3) is 2.41. The van der Waals surface area contributed by atoms with Crippen LogP contribution in [0.5, 0.6) is 0 Å². The number of ether oxygens (including phenoxy) is 1. The van der Waals surface area contributed by atoms with Gasteiger partial charge in [0.1, 0.15) is 16.6 Å². The van der Waals surface area contributed by atoms with Crippen molar-refractivity contribution < 1.29 is 9.53 Å². The largest absolute Gasteiger partial charge is 0.442 e. The summed E-state index contributed by atoms with van der Waals surface area (Å²) in [5.74, 6) is 0. The van der Waals surface area contributed by atoms with E-state index in [1.807, 2.05) is 0 Å². The van der Waals surface area contributed by atoms with Crippen LogP contribution in [0.15, 0.2) is 23.4 Å². The Morgan fingerprint density at radius 2 is 2.18 bits per heavy atom. The van der Waals surface area contributed by atoms with E-state index in [0.29, 0.717) is 15.9 Å². The average molecular weight is 251 g/mol. The Morgan fingerprint density at radius 3 is 2.82 bits per heavy atom. The topological polar surface area (TPSA) is 57.0 Å². The fourth-order valence-electron chi connectivity index (χ4n) is 1.38. The summed E-state index contributed by atoms with van der Waals surface area (Å²) in [6.45, 7) is 5.41. The second-order valence-electron chi connectivity index (χ2n) is 4.60. The summed E-state index contributed by atoms with van der Waals surface area (Å²) in [6.07, 6.45) is 2.60. The second-order valence-corrected chi connectivity index (χ2v) is 5.08. The summed E-state index contributed by atoms with van der Waals surface area (Å²) >= 11 is 4.28. The zero-order valence-electron chi connectivity index (χ0n) is 9.84. The van der Waals surface area contributed by atoms with Crippen LogP contribution in [0.25, 0.3) is 11.0 Å². The highest BCUT2D eigenvalue weighted by Crippen LogP contribution is 2.20. The molecule has 90 valence electrons. The standard InChI is InChI=1S/C11H13N3O2S/c1-11(2,3)16-10(15)14-9-7(6-13-14)12-5-4-8(9)17/h4-6H,1-3H3,(H,12,17). The molecule has 0 aliphatic rings. The zero-order valence-corrected chi connectivity index (χ0v) is 10.7. The Labute approximate surface area is 104 Å². The van der Waals surface area contributed by atoms with Gasteiger partial charge in [-0.15, -0.1) is 12.6 Å². The molecule has 0 atom stereocenters. The molecule has 0 N–H and O–H groups in total. The Bertz CT molecular complexity index is 572. The first-order valence-electron chi connectivity index (χ1n) is 5.13. The summed E-state index contributed by atoms with van der Waals surface area (Å²) in [4.78, 5) is 16.6. The van der Waals surface area contributed by atoms with E-state index < -0.39 is 11.7 Å². The molecule has 6 heteroatoms. The van der Waals surface area contributed by atoms with Crippen LogP contribution in [-0.2, 0) is 4.74 Å². The fraction of sp³-hybridized carbons (Fsp3) is 0.364. The second kappa shape index (κ2) is 4.03. The molecule has 0 spiro atoms. The first kappa shape index (κ1) is 11.9. The molecule has 17 heavy (non-hydrogen) atoms. The normalized spacial score (nSPS) is 11.8. The first-order chi connectivity index (χ1) is 7.88. The Morgan fingerprint density at radius 1 is 1.47 bits per heavy atom. The predicted octanol–water partition coefficient (Wildman–Crippen LogP) is 2.50. The van der Waals surface area contributed by atoms with Crippen molar-refractivity contribution in [1.82, 2.24) is 14.8 Å². The number of pyridine rings is 1. The minimum atomic E-state index is -0.561. The van der Waals surface area contributed by atoms with Crippen molar-refractivity contribution in [1.29, 1.82) is 0 Å². The monoisotopic (exact) mass is 251 g/mol. The number of carbonyl (C=O) groups excluding carboxylic acids is 1. The highest BCUT2D eigenvalue weighted by Gasteiger charge is 2.21. The number of carbonyl (C=O) groups is 1. The van der Waals surface area contributed by atoms with Gasteiger partial charge in [0, 0.05) is 11.1 Å². The molecule has 0 aliphatic heterocycles. The molecule has 0 unspecified atom stereocenters. The van der Waals surface area contributed by atoms with Gasteiger partial charge in [0.2, 0.25) is 0 Å². The van der Waals surface area contributed by atoms with E-state index in [4.69, 9.17) is 4.74 Å². The molecule has 0 saturated heterocycles. The summed E-state index contributed by atoms with van der Waals surface area (Å²) in [6, 6.07) is 1.70. The lowest BCUT2D eigenvalue weighted by Crippen LogP contribution is -2.27. The number of thiol groups is 1. The lowest BCUT2D eigenvalue weighted by atomic mass is 10.2. The maximum atomic E-state index is 11.9. The van der Waals surface area contributed by atoms with Crippen LogP contribution in [0.2, 0.25) is 0 Å². The van der Waals surface area contributed by atoms with Gasteiger partial charge < -0.3 is 4.74 Å². The van der Waals surface area contributed by atoms with Gasteiger partial charge in [-0.3, -0.25) is 4.98 Å². The van der Waals surface area contributed by atoms with Crippen LogP contribution in [0.4, 0.5) is 4.79 Å². The minimum absolute atomic E-state index is 0.532. The van der Waals surface area contributed by atoms with E-state index in [9.17, 15) is 4.79 Å². The van der Waals surface area contributed by atoms with Crippen molar-refractivity contribution in [2.45, 2.75) is 31.3 Å². The molecule has 0 aliphatic carbocycles. The van der Waals surface area contributed by atoms with E-state index in [0.717, 1.165) is 0 Å². The molecule has 0 radical (unpaired) electrons. The van der Waals surface area contributed by atoms with Crippen molar-refractivity contribution in [3.63, 3.8) is 0 Å². The molecule has 2 heterocycles. The van der Waals surface area contributed by atoms with E-state index in [-0.39, 0.29) is 0 Å². The highest BCUT2D eigenvalue weighted by atomic mass is 32.1. The molecule has 0 saturated carbocycles. The molecule has 2 rings (SSSR count). The van der Waals surface area contributed by atoms with Crippen LogP contribution in [-0.4, -0.2) is 26.5 Å². The molecular weight excluding hydrogens is 238 g/mol. The van der Waals surface area contributed by atoms with Gasteiger partial charge in [0.25, 0.3) is 0 Å².